The van der Waals surface area contributed by atoms with Gasteiger partial charge in [-0.1, -0.05) is 12.1 Å². The summed E-state index contributed by atoms with van der Waals surface area (Å²) in [6.07, 6.45) is 2.06. The lowest BCUT2D eigenvalue weighted by atomic mass is 10.2. The number of nitrogens with zero attached hydrogens (tertiary/aromatic N) is 1. The third-order valence-electron chi connectivity index (χ3n) is 4.35. The van der Waals surface area contributed by atoms with Crippen LogP contribution in [0.25, 0.3) is 16.5 Å². The van der Waals surface area contributed by atoms with Gasteiger partial charge in [0.2, 0.25) is 5.91 Å². The van der Waals surface area contributed by atoms with Crippen molar-refractivity contribution in [2.45, 2.75) is 19.8 Å². The topological polar surface area (TPSA) is 89.2 Å². The minimum atomic E-state index is -0.845. The van der Waals surface area contributed by atoms with Crippen molar-refractivity contribution in [2.24, 2.45) is 0 Å². The molecule has 1 fully saturated rings. The molecule has 0 aliphatic carbocycles. The highest BCUT2D eigenvalue weighted by atomic mass is 16.5. The van der Waals surface area contributed by atoms with Gasteiger partial charge in [-0.3, -0.25) is 9.59 Å². The van der Waals surface area contributed by atoms with Crippen molar-refractivity contribution in [2.75, 3.05) is 32.9 Å². The summed E-state index contributed by atoms with van der Waals surface area (Å²) in [7, 11) is 0. The zero-order valence-corrected chi connectivity index (χ0v) is 15.3. The number of aliphatic carboxylic acids is 1. The van der Waals surface area contributed by atoms with Crippen LogP contribution in [-0.2, 0) is 14.3 Å². The number of amides is 1. The van der Waals surface area contributed by atoms with E-state index in [0.717, 1.165) is 11.0 Å². The number of carboxylic acids is 1. The Morgan fingerprint density at radius 1 is 1.30 bits per heavy atom. The van der Waals surface area contributed by atoms with Gasteiger partial charge in [0, 0.05) is 31.0 Å². The molecule has 7 nitrogen and oxygen atoms in total. The number of ether oxygens (including phenoxy) is 2. The Kier molecular flexibility index (Phi) is 6.13. The Labute approximate surface area is 157 Å². The summed E-state index contributed by atoms with van der Waals surface area (Å²) in [5, 5.41) is 9.56. The molecule has 1 aliphatic heterocycles. The smallest absolute Gasteiger partial charge is 0.303 e. The van der Waals surface area contributed by atoms with Crippen LogP contribution in [0.3, 0.4) is 0 Å². The number of fused-ring (bicyclic) bond motifs is 1. The van der Waals surface area contributed by atoms with E-state index in [1.807, 2.05) is 25.1 Å². The average molecular weight is 373 g/mol. The number of allylic oxidation sites excluding steroid dienone is 1. The quantitative estimate of drug-likeness (QED) is 0.593. The summed E-state index contributed by atoms with van der Waals surface area (Å²) >= 11 is 0. The Morgan fingerprint density at radius 2 is 2.07 bits per heavy atom. The van der Waals surface area contributed by atoms with Crippen molar-refractivity contribution in [1.82, 2.24) is 4.90 Å². The van der Waals surface area contributed by atoms with E-state index < -0.39 is 5.97 Å². The molecule has 1 saturated heterocycles. The van der Waals surface area contributed by atoms with E-state index in [-0.39, 0.29) is 12.3 Å². The van der Waals surface area contributed by atoms with E-state index in [0.29, 0.717) is 56.4 Å². The second kappa shape index (κ2) is 8.73. The molecular weight excluding hydrogens is 350 g/mol. The van der Waals surface area contributed by atoms with Gasteiger partial charge in [-0.05, 0) is 31.1 Å². The van der Waals surface area contributed by atoms with Crippen LogP contribution in [0.1, 0.15) is 25.5 Å². The van der Waals surface area contributed by atoms with E-state index in [2.05, 4.69) is 0 Å². The summed E-state index contributed by atoms with van der Waals surface area (Å²) in [4.78, 5) is 24.7. The first-order valence-electron chi connectivity index (χ1n) is 8.97. The number of benzene rings is 1. The average Bonchev–Trinajstić information content (AvgIpc) is 3.11. The third-order valence-corrected chi connectivity index (χ3v) is 4.35. The minimum absolute atomic E-state index is 0.0543. The van der Waals surface area contributed by atoms with Gasteiger partial charge in [-0.15, -0.1) is 0 Å². The van der Waals surface area contributed by atoms with Crippen molar-refractivity contribution < 1.29 is 28.6 Å². The van der Waals surface area contributed by atoms with Gasteiger partial charge in [-0.25, -0.2) is 0 Å². The van der Waals surface area contributed by atoms with Gasteiger partial charge in [0.05, 0.1) is 19.8 Å². The highest BCUT2D eigenvalue weighted by Gasteiger charge is 2.16. The van der Waals surface area contributed by atoms with Crippen LogP contribution >= 0.6 is 0 Å². The monoisotopic (exact) mass is 373 g/mol. The van der Waals surface area contributed by atoms with Crippen molar-refractivity contribution in [3.05, 3.63) is 36.1 Å². The first-order valence-corrected chi connectivity index (χ1v) is 8.97. The van der Waals surface area contributed by atoms with E-state index in [1.54, 1.807) is 17.0 Å². The van der Waals surface area contributed by atoms with Gasteiger partial charge in [0.1, 0.15) is 5.76 Å². The van der Waals surface area contributed by atoms with E-state index in [9.17, 15) is 9.59 Å². The molecule has 1 aliphatic rings. The van der Waals surface area contributed by atoms with Crippen LogP contribution in [0.5, 0.6) is 5.75 Å². The number of carbonyl (C=O) groups excluding carboxylic acids is 1. The maximum atomic E-state index is 12.4. The maximum absolute atomic E-state index is 12.4. The number of hydrogen-bond acceptors (Lipinski definition) is 5. The van der Waals surface area contributed by atoms with Crippen LogP contribution < -0.4 is 4.74 Å². The van der Waals surface area contributed by atoms with Gasteiger partial charge in [0.15, 0.2) is 11.3 Å². The lowest BCUT2D eigenvalue weighted by molar-refractivity contribution is -0.137. The molecule has 0 radical (unpaired) electrons. The number of morpholine rings is 1. The molecule has 2 aromatic rings. The van der Waals surface area contributed by atoms with E-state index in [1.165, 1.54) is 0 Å². The Morgan fingerprint density at radius 3 is 2.81 bits per heavy atom. The first-order chi connectivity index (χ1) is 13.0. The van der Waals surface area contributed by atoms with Crippen molar-refractivity contribution in [3.63, 3.8) is 0 Å². The number of rotatable bonds is 7. The second-order valence-electron chi connectivity index (χ2n) is 6.40. The molecule has 3 rings (SSSR count). The predicted molar refractivity (Wildman–Crippen MR) is 99.6 cm³/mol. The molecule has 144 valence electrons. The molecule has 1 aromatic carbocycles. The minimum Gasteiger partial charge on any atom is -0.490 e. The maximum Gasteiger partial charge on any atom is 0.303 e. The lowest BCUT2D eigenvalue weighted by Crippen LogP contribution is -2.39. The predicted octanol–water partition coefficient (Wildman–Crippen LogP) is 2.94. The van der Waals surface area contributed by atoms with Crippen LogP contribution in [-0.4, -0.2) is 54.8 Å². The fourth-order valence-electron chi connectivity index (χ4n) is 2.88. The molecular formula is C20H23NO6. The molecule has 7 heteroatoms. The summed E-state index contributed by atoms with van der Waals surface area (Å²) in [6.45, 7) is 4.45. The van der Waals surface area contributed by atoms with Gasteiger partial charge >= 0.3 is 5.97 Å². The highest BCUT2D eigenvalue weighted by molar-refractivity contribution is 5.96. The molecule has 2 heterocycles. The van der Waals surface area contributed by atoms with Crippen LogP contribution in [0, 0.1) is 0 Å². The number of para-hydroxylation sites is 1. The summed E-state index contributed by atoms with van der Waals surface area (Å²) in [5.41, 5.74) is 1.33. The largest absolute Gasteiger partial charge is 0.490 e. The van der Waals surface area contributed by atoms with Crippen molar-refractivity contribution >= 4 is 28.4 Å². The standard InChI is InChI=1S/C20H23NO6/c1-14(12-18(22)21-7-10-25-11-8-21)17-13-15-4-2-5-16(20(15)27-17)26-9-3-6-19(23)24/h2,4-5,12-13H,3,6-11H2,1H3,(H,23,24)/b14-12+. The van der Waals surface area contributed by atoms with Gasteiger partial charge in [-0.2, -0.15) is 0 Å². The summed E-state index contributed by atoms with van der Waals surface area (Å²) in [5.74, 6) is 0.272. The molecule has 27 heavy (non-hydrogen) atoms. The molecule has 0 unspecified atom stereocenters. The molecule has 1 amide bonds. The van der Waals surface area contributed by atoms with Gasteiger partial charge in [0.25, 0.3) is 0 Å². The zero-order chi connectivity index (χ0) is 19.2. The van der Waals surface area contributed by atoms with Crippen molar-refractivity contribution in [3.8, 4) is 5.75 Å². The Hall–Kier alpha value is -2.80. The zero-order valence-electron chi connectivity index (χ0n) is 15.3. The molecule has 1 N–H and O–H groups in total. The van der Waals surface area contributed by atoms with Crippen LogP contribution in [0.2, 0.25) is 0 Å². The van der Waals surface area contributed by atoms with E-state index in [4.69, 9.17) is 19.0 Å². The van der Waals surface area contributed by atoms with E-state index >= 15 is 0 Å². The first kappa shape index (κ1) is 19.0. The van der Waals surface area contributed by atoms with Crippen LogP contribution in [0.4, 0.5) is 0 Å². The number of carbonyl (C=O) groups is 2. The molecule has 0 bridgehead atoms. The Bertz CT molecular complexity index is 847. The SMILES string of the molecule is C/C(=C\C(=O)N1CCOCC1)c1cc2cccc(OCCCC(=O)O)c2o1. The molecule has 0 saturated carbocycles. The summed E-state index contributed by atoms with van der Waals surface area (Å²) < 4.78 is 16.9. The normalized spacial score (nSPS) is 15.1. The Balaban J connectivity index is 1.73. The second-order valence-corrected chi connectivity index (χ2v) is 6.40. The summed E-state index contributed by atoms with van der Waals surface area (Å²) in [6, 6.07) is 7.42. The lowest BCUT2D eigenvalue weighted by Gasteiger charge is -2.25. The number of hydrogen-bond donors (Lipinski definition) is 1. The fraction of sp³-hybridized carbons (Fsp3) is 0.400. The molecule has 1 aromatic heterocycles. The number of furan rings is 1. The van der Waals surface area contributed by atoms with Gasteiger partial charge < -0.3 is 23.9 Å². The molecule has 0 atom stereocenters. The van der Waals surface area contributed by atoms with Crippen LogP contribution in [0.15, 0.2) is 34.8 Å². The highest BCUT2D eigenvalue weighted by Crippen LogP contribution is 2.31. The molecule has 0 spiro atoms. The fourth-order valence-corrected chi connectivity index (χ4v) is 2.88. The third kappa shape index (κ3) is 4.89. The van der Waals surface area contributed by atoms with Crippen molar-refractivity contribution in [1.29, 1.82) is 0 Å². The number of carboxylic acid groups (broad SMARTS) is 1.